The summed E-state index contributed by atoms with van der Waals surface area (Å²) in [6.45, 7) is 3.49. The maximum atomic E-state index is 12.7. The quantitative estimate of drug-likeness (QED) is 0.629. The number of nitro groups is 1. The summed E-state index contributed by atoms with van der Waals surface area (Å²) in [5, 5.41) is 14.0. The third-order valence-electron chi connectivity index (χ3n) is 4.92. The van der Waals surface area contributed by atoms with Gasteiger partial charge in [0.1, 0.15) is 18.0 Å². The first-order chi connectivity index (χ1) is 12.5. The Morgan fingerprint density at radius 2 is 2.00 bits per heavy atom. The highest BCUT2D eigenvalue weighted by Gasteiger charge is 2.30. The predicted molar refractivity (Wildman–Crippen MR) is 97.4 cm³/mol. The maximum absolute atomic E-state index is 12.7. The molecule has 3 rings (SSSR count). The summed E-state index contributed by atoms with van der Waals surface area (Å²) in [4.78, 5) is 24.6. The van der Waals surface area contributed by atoms with Gasteiger partial charge >= 0.3 is 0 Å². The van der Waals surface area contributed by atoms with E-state index in [0.717, 1.165) is 24.4 Å². The molecule has 2 aromatic carbocycles. The van der Waals surface area contributed by atoms with E-state index >= 15 is 0 Å². The first-order valence-electron chi connectivity index (χ1n) is 8.54. The lowest BCUT2D eigenvalue weighted by Crippen LogP contribution is -3.16. The fraction of sp³-hybridized carbons (Fsp3) is 0.316. The van der Waals surface area contributed by atoms with Gasteiger partial charge in [0.05, 0.1) is 24.6 Å². The van der Waals surface area contributed by atoms with Crippen LogP contribution in [0, 0.1) is 10.1 Å². The molecule has 1 aliphatic rings. The monoisotopic (exact) mass is 356 g/mol. The molecule has 0 aromatic heterocycles. The Labute approximate surface area is 151 Å². The lowest BCUT2D eigenvalue weighted by atomic mass is 9.99. The van der Waals surface area contributed by atoms with Gasteiger partial charge in [-0.25, -0.2) is 0 Å². The number of benzene rings is 2. The maximum Gasteiger partial charge on any atom is 0.296 e. The summed E-state index contributed by atoms with van der Waals surface area (Å²) < 4.78 is 5.02. The van der Waals surface area contributed by atoms with Gasteiger partial charge in [0.2, 0.25) is 0 Å². The van der Waals surface area contributed by atoms with Crippen LogP contribution in [-0.4, -0.2) is 30.5 Å². The van der Waals surface area contributed by atoms with Crippen molar-refractivity contribution in [3.8, 4) is 5.75 Å². The molecule has 0 radical (unpaired) electrons. The average Bonchev–Trinajstić information content (AvgIpc) is 2.67. The van der Waals surface area contributed by atoms with Crippen LogP contribution in [0.3, 0.4) is 0 Å². The highest BCUT2D eigenvalue weighted by molar-refractivity contribution is 5.95. The van der Waals surface area contributed by atoms with Crippen molar-refractivity contribution in [3.05, 3.63) is 63.7 Å². The number of amides is 1. The summed E-state index contributed by atoms with van der Waals surface area (Å²) in [7, 11) is 1.44. The van der Waals surface area contributed by atoms with Crippen LogP contribution < -0.4 is 15.0 Å². The van der Waals surface area contributed by atoms with Crippen LogP contribution >= 0.6 is 0 Å². The molecule has 0 saturated heterocycles. The number of nitrogens with zero attached hydrogens (tertiary/aromatic N) is 1. The number of nitro benzene ring substituents is 1. The van der Waals surface area contributed by atoms with Crippen LogP contribution in [0.2, 0.25) is 0 Å². The number of methoxy groups -OCH3 is 1. The van der Waals surface area contributed by atoms with Gasteiger partial charge in [0, 0.05) is 12.0 Å². The molecule has 0 fully saturated rings. The normalized spacial score (nSPS) is 17.1. The average molecular weight is 356 g/mol. The fourth-order valence-electron chi connectivity index (χ4n) is 3.29. The zero-order valence-electron chi connectivity index (χ0n) is 14.8. The first-order valence-corrected chi connectivity index (χ1v) is 8.54. The molecular formula is C19H22N3O4+. The molecule has 7 heteroatoms. The number of anilines is 1. The van der Waals surface area contributed by atoms with Gasteiger partial charge in [0.15, 0.2) is 6.04 Å². The molecule has 2 aromatic rings. The van der Waals surface area contributed by atoms with Gasteiger partial charge in [0.25, 0.3) is 11.6 Å². The van der Waals surface area contributed by atoms with E-state index in [1.165, 1.54) is 30.4 Å². The predicted octanol–water partition coefficient (Wildman–Crippen LogP) is 1.57. The molecule has 1 unspecified atom stereocenters. The SMILES string of the molecule is COc1ccc(NC(=O)[C@@H](C)[NH+]2CCc3ccccc3C2)c([N+](=O)[O-])c1. The largest absolute Gasteiger partial charge is 0.496 e. The van der Waals surface area contributed by atoms with Crippen LogP contribution in [0.25, 0.3) is 0 Å². The van der Waals surface area contributed by atoms with Gasteiger partial charge < -0.3 is 15.0 Å². The summed E-state index contributed by atoms with van der Waals surface area (Å²) in [6.07, 6.45) is 0.922. The minimum atomic E-state index is -0.521. The molecule has 0 bridgehead atoms. The van der Waals surface area contributed by atoms with E-state index in [1.54, 1.807) is 6.07 Å². The smallest absolute Gasteiger partial charge is 0.296 e. The number of carbonyl (C=O) groups is 1. The van der Waals surface area contributed by atoms with Crippen LogP contribution in [0.5, 0.6) is 5.75 Å². The van der Waals surface area contributed by atoms with Crippen molar-refractivity contribution >= 4 is 17.3 Å². The molecule has 136 valence electrons. The van der Waals surface area contributed by atoms with E-state index in [9.17, 15) is 14.9 Å². The van der Waals surface area contributed by atoms with E-state index in [2.05, 4.69) is 17.4 Å². The zero-order valence-corrected chi connectivity index (χ0v) is 14.8. The van der Waals surface area contributed by atoms with Crippen molar-refractivity contribution in [2.24, 2.45) is 0 Å². The summed E-state index contributed by atoms with van der Waals surface area (Å²) >= 11 is 0. The number of nitrogens with one attached hydrogen (secondary N) is 2. The molecule has 0 saturated carbocycles. The van der Waals surface area contributed by atoms with Crippen molar-refractivity contribution in [1.29, 1.82) is 0 Å². The van der Waals surface area contributed by atoms with Crippen LogP contribution in [0.1, 0.15) is 18.1 Å². The molecule has 7 nitrogen and oxygen atoms in total. The summed E-state index contributed by atoms with van der Waals surface area (Å²) in [6, 6.07) is 12.3. The highest BCUT2D eigenvalue weighted by Crippen LogP contribution is 2.29. The number of carbonyl (C=O) groups excluding carboxylic acids is 1. The molecule has 0 spiro atoms. The molecule has 2 atom stereocenters. The summed E-state index contributed by atoms with van der Waals surface area (Å²) in [5.74, 6) is 0.147. The Bertz CT molecular complexity index is 837. The lowest BCUT2D eigenvalue weighted by Gasteiger charge is -2.30. The number of fused-ring (bicyclic) bond motifs is 1. The Morgan fingerprint density at radius 3 is 2.69 bits per heavy atom. The number of rotatable bonds is 5. The lowest BCUT2D eigenvalue weighted by molar-refractivity contribution is -0.929. The molecule has 0 aliphatic carbocycles. The number of hydrogen-bond donors (Lipinski definition) is 2. The van der Waals surface area contributed by atoms with Crippen molar-refractivity contribution in [2.75, 3.05) is 19.0 Å². The molecular weight excluding hydrogens is 334 g/mol. The third-order valence-corrected chi connectivity index (χ3v) is 4.92. The Balaban J connectivity index is 1.73. The Hall–Kier alpha value is -2.93. The van der Waals surface area contributed by atoms with Crippen molar-refractivity contribution < 1.29 is 19.4 Å². The minimum Gasteiger partial charge on any atom is -0.496 e. The van der Waals surface area contributed by atoms with Crippen LogP contribution in [-0.2, 0) is 17.8 Å². The molecule has 1 aliphatic heterocycles. The van der Waals surface area contributed by atoms with Gasteiger partial charge in [-0.15, -0.1) is 0 Å². The molecule has 2 N–H and O–H groups in total. The van der Waals surface area contributed by atoms with E-state index in [0.29, 0.717) is 5.75 Å². The minimum absolute atomic E-state index is 0.177. The molecule has 1 amide bonds. The number of ether oxygens (including phenoxy) is 1. The third kappa shape index (κ3) is 3.67. The topological polar surface area (TPSA) is 85.9 Å². The summed E-state index contributed by atoms with van der Waals surface area (Å²) in [5.41, 5.74) is 2.59. The highest BCUT2D eigenvalue weighted by atomic mass is 16.6. The van der Waals surface area contributed by atoms with E-state index in [4.69, 9.17) is 4.74 Å². The molecule has 1 heterocycles. The van der Waals surface area contributed by atoms with Crippen molar-refractivity contribution in [2.45, 2.75) is 25.9 Å². The molecule has 26 heavy (non-hydrogen) atoms. The van der Waals surface area contributed by atoms with E-state index < -0.39 is 4.92 Å². The van der Waals surface area contributed by atoms with E-state index in [1.807, 2.05) is 19.1 Å². The number of hydrogen-bond acceptors (Lipinski definition) is 4. The van der Waals surface area contributed by atoms with Crippen LogP contribution in [0.15, 0.2) is 42.5 Å². The van der Waals surface area contributed by atoms with Gasteiger partial charge in [-0.1, -0.05) is 24.3 Å². The second-order valence-corrected chi connectivity index (χ2v) is 6.45. The van der Waals surface area contributed by atoms with Gasteiger partial charge in [-0.2, -0.15) is 0 Å². The Morgan fingerprint density at radius 1 is 1.27 bits per heavy atom. The van der Waals surface area contributed by atoms with Gasteiger partial charge in [-0.3, -0.25) is 14.9 Å². The fourth-order valence-corrected chi connectivity index (χ4v) is 3.29. The van der Waals surface area contributed by atoms with E-state index in [-0.39, 0.29) is 23.3 Å². The first kappa shape index (κ1) is 17.9. The van der Waals surface area contributed by atoms with Gasteiger partial charge in [-0.05, 0) is 24.6 Å². The van der Waals surface area contributed by atoms with Crippen LogP contribution in [0.4, 0.5) is 11.4 Å². The second kappa shape index (κ2) is 7.53. The van der Waals surface area contributed by atoms with Crippen molar-refractivity contribution in [1.82, 2.24) is 0 Å². The number of quaternary nitrogens is 1. The zero-order chi connectivity index (χ0) is 18.7. The standard InChI is InChI=1S/C19H21N3O4/c1-13(21-10-9-14-5-3-4-6-15(14)12-21)19(23)20-17-8-7-16(26-2)11-18(17)22(24)25/h3-8,11,13H,9-10,12H2,1-2H3,(H,20,23)/p+1/t13-/m1/s1. The second-order valence-electron chi connectivity index (χ2n) is 6.45. The van der Waals surface area contributed by atoms with Crippen molar-refractivity contribution in [3.63, 3.8) is 0 Å². The Kier molecular flexibility index (Phi) is 5.18.